The molecule has 0 amide bonds. The lowest BCUT2D eigenvalue weighted by Crippen LogP contribution is -2.43. The summed E-state index contributed by atoms with van der Waals surface area (Å²) in [7, 11) is 0. The van der Waals surface area contributed by atoms with E-state index in [1.54, 1.807) is 0 Å². The largest absolute Gasteiger partial charge is 0.314 e. The molecule has 0 bridgehead atoms. The summed E-state index contributed by atoms with van der Waals surface area (Å²) in [6, 6.07) is 1.79. The monoisotopic (exact) mass is 278 g/mol. The van der Waals surface area contributed by atoms with Gasteiger partial charge in [0.25, 0.3) is 0 Å². The first-order chi connectivity index (χ1) is 9.92. The highest BCUT2D eigenvalue weighted by molar-refractivity contribution is 4.83. The van der Waals surface area contributed by atoms with E-state index in [1.807, 2.05) is 0 Å². The van der Waals surface area contributed by atoms with Crippen molar-refractivity contribution >= 4 is 0 Å². The minimum atomic E-state index is 0.838. The van der Waals surface area contributed by atoms with Crippen LogP contribution in [0.5, 0.6) is 0 Å². The summed E-state index contributed by atoms with van der Waals surface area (Å²) in [4.78, 5) is 2.80. The first-order valence-electron chi connectivity index (χ1n) is 9.39. The van der Waals surface area contributed by atoms with Gasteiger partial charge < -0.3 is 10.2 Å². The second-order valence-corrected chi connectivity index (χ2v) is 7.51. The molecule has 0 aromatic carbocycles. The molecule has 20 heavy (non-hydrogen) atoms. The van der Waals surface area contributed by atoms with E-state index >= 15 is 0 Å². The average Bonchev–Trinajstić information content (AvgIpc) is 2.90. The van der Waals surface area contributed by atoms with Crippen molar-refractivity contribution in [3.63, 3.8) is 0 Å². The molecule has 2 aliphatic carbocycles. The fourth-order valence-corrected chi connectivity index (χ4v) is 4.61. The Labute approximate surface area is 125 Å². The standard InChI is InChI=1S/C18H34N2/c1-2-4-8-17(7-3-1)19-15-16-11-13-20(14-12-16)18-9-5-6-10-18/h16-19H,1-15H2. The summed E-state index contributed by atoms with van der Waals surface area (Å²) in [5.74, 6) is 0.955. The quantitative estimate of drug-likeness (QED) is 0.783. The highest BCUT2D eigenvalue weighted by Crippen LogP contribution is 2.28. The van der Waals surface area contributed by atoms with Crippen LogP contribution in [0.4, 0.5) is 0 Å². The maximum absolute atomic E-state index is 3.90. The third-order valence-corrected chi connectivity index (χ3v) is 6.04. The number of hydrogen-bond acceptors (Lipinski definition) is 2. The summed E-state index contributed by atoms with van der Waals surface area (Å²) in [5, 5.41) is 3.90. The van der Waals surface area contributed by atoms with E-state index in [4.69, 9.17) is 0 Å². The van der Waals surface area contributed by atoms with Crippen LogP contribution in [0.2, 0.25) is 0 Å². The Morgan fingerprint density at radius 3 is 1.95 bits per heavy atom. The SMILES string of the molecule is C1CCCC(NCC2CCN(C3CCCC3)CC2)CC1. The van der Waals surface area contributed by atoms with Crippen LogP contribution in [0.25, 0.3) is 0 Å². The Morgan fingerprint density at radius 1 is 0.700 bits per heavy atom. The Morgan fingerprint density at radius 2 is 1.30 bits per heavy atom. The van der Waals surface area contributed by atoms with Crippen LogP contribution in [0.3, 0.4) is 0 Å². The number of piperidine rings is 1. The minimum absolute atomic E-state index is 0.838. The van der Waals surface area contributed by atoms with Gasteiger partial charge in [0, 0.05) is 12.1 Å². The third-order valence-electron chi connectivity index (χ3n) is 6.04. The second-order valence-electron chi connectivity index (χ2n) is 7.51. The van der Waals surface area contributed by atoms with Gasteiger partial charge in [-0.3, -0.25) is 0 Å². The molecule has 0 aromatic heterocycles. The zero-order valence-electron chi connectivity index (χ0n) is 13.3. The molecule has 3 aliphatic rings. The fraction of sp³-hybridized carbons (Fsp3) is 1.00. The molecule has 1 aliphatic heterocycles. The molecule has 3 rings (SSSR count). The Balaban J connectivity index is 1.33. The van der Waals surface area contributed by atoms with Crippen LogP contribution in [0.1, 0.15) is 77.0 Å². The topological polar surface area (TPSA) is 15.3 Å². The lowest BCUT2D eigenvalue weighted by Gasteiger charge is -2.36. The number of rotatable bonds is 4. The van der Waals surface area contributed by atoms with E-state index in [0.29, 0.717) is 0 Å². The van der Waals surface area contributed by atoms with E-state index in [-0.39, 0.29) is 0 Å². The molecular formula is C18H34N2. The van der Waals surface area contributed by atoms with Crippen LogP contribution < -0.4 is 5.32 Å². The summed E-state index contributed by atoms with van der Waals surface area (Å²) in [6.07, 6.45) is 17.5. The van der Waals surface area contributed by atoms with Gasteiger partial charge in [-0.05, 0) is 64.1 Å². The average molecular weight is 278 g/mol. The first kappa shape index (κ1) is 14.8. The van der Waals surface area contributed by atoms with Gasteiger partial charge in [0.2, 0.25) is 0 Å². The maximum Gasteiger partial charge on any atom is 0.00952 e. The third kappa shape index (κ3) is 4.21. The van der Waals surface area contributed by atoms with Gasteiger partial charge >= 0.3 is 0 Å². The van der Waals surface area contributed by atoms with E-state index in [2.05, 4.69) is 10.2 Å². The van der Waals surface area contributed by atoms with Gasteiger partial charge in [-0.25, -0.2) is 0 Å². The van der Waals surface area contributed by atoms with E-state index in [0.717, 1.165) is 18.0 Å². The predicted molar refractivity (Wildman–Crippen MR) is 86.0 cm³/mol. The number of nitrogens with one attached hydrogen (secondary N) is 1. The summed E-state index contributed by atoms with van der Waals surface area (Å²) in [5.41, 5.74) is 0. The zero-order chi connectivity index (χ0) is 13.6. The van der Waals surface area contributed by atoms with Crippen molar-refractivity contribution in [3.05, 3.63) is 0 Å². The van der Waals surface area contributed by atoms with Crippen LogP contribution in [-0.2, 0) is 0 Å². The van der Waals surface area contributed by atoms with E-state index in [1.165, 1.54) is 96.7 Å². The van der Waals surface area contributed by atoms with Crippen LogP contribution in [0, 0.1) is 5.92 Å². The molecule has 1 saturated heterocycles. The summed E-state index contributed by atoms with van der Waals surface area (Å²) in [6.45, 7) is 4.05. The number of likely N-dealkylation sites (tertiary alicyclic amines) is 1. The Kier molecular flexibility index (Phi) is 5.78. The second kappa shape index (κ2) is 7.79. The molecule has 0 radical (unpaired) electrons. The molecule has 2 heteroatoms. The van der Waals surface area contributed by atoms with Crippen LogP contribution in [-0.4, -0.2) is 36.6 Å². The molecule has 2 saturated carbocycles. The summed E-state index contributed by atoms with van der Waals surface area (Å²) >= 11 is 0. The van der Waals surface area contributed by atoms with Crippen molar-refractivity contribution in [1.29, 1.82) is 0 Å². The van der Waals surface area contributed by atoms with Crippen molar-refractivity contribution < 1.29 is 0 Å². The molecule has 0 spiro atoms. The van der Waals surface area contributed by atoms with Crippen molar-refractivity contribution in [2.24, 2.45) is 5.92 Å². The predicted octanol–water partition coefficient (Wildman–Crippen LogP) is 3.95. The number of nitrogens with zero attached hydrogens (tertiary/aromatic N) is 1. The zero-order valence-corrected chi connectivity index (χ0v) is 13.3. The number of hydrogen-bond donors (Lipinski definition) is 1. The van der Waals surface area contributed by atoms with Gasteiger partial charge in [-0.15, -0.1) is 0 Å². The molecule has 116 valence electrons. The lowest BCUT2D eigenvalue weighted by atomic mass is 9.94. The fourth-order valence-electron chi connectivity index (χ4n) is 4.61. The van der Waals surface area contributed by atoms with Crippen LogP contribution in [0.15, 0.2) is 0 Å². The van der Waals surface area contributed by atoms with E-state index in [9.17, 15) is 0 Å². The molecule has 1 heterocycles. The molecule has 0 aromatic rings. The normalized spacial score (nSPS) is 28.8. The van der Waals surface area contributed by atoms with Crippen molar-refractivity contribution in [3.8, 4) is 0 Å². The molecular weight excluding hydrogens is 244 g/mol. The molecule has 3 fully saturated rings. The smallest absolute Gasteiger partial charge is 0.00952 e. The summed E-state index contributed by atoms with van der Waals surface area (Å²) < 4.78 is 0. The van der Waals surface area contributed by atoms with Gasteiger partial charge in [-0.2, -0.15) is 0 Å². The highest BCUT2D eigenvalue weighted by Gasteiger charge is 2.27. The Hall–Kier alpha value is -0.0800. The molecule has 0 unspecified atom stereocenters. The minimum Gasteiger partial charge on any atom is -0.314 e. The van der Waals surface area contributed by atoms with Crippen molar-refractivity contribution in [2.75, 3.05) is 19.6 Å². The van der Waals surface area contributed by atoms with Gasteiger partial charge in [0.15, 0.2) is 0 Å². The maximum atomic E-state index is 3.90. The highest BCUT2D eigenvalue weighted by atomic mass is 15.2. The molecule has 2 nitrogen and oxygen atoms in total. The lowest BCUT2D eigenvalue weighted by molar-refractivity contribution is 0.131. The van der Waals surface area contributed by atoms with Crippen molar-refractivity contribution in [2.45, 2.75) is 89.1 Å². The Bertz CT molecular complexity index is 257. The van der Waals surface area contributed by atoms with Gasteiger partial charge in [0.05, 0.1) is 0 Å². The molecule has 0 atom stereocenters. The van der Waals surface area contributed by atoms with Crippen molar-refractivity contribution in [1.82, 2.24) is 10.2 Å². The van der Waals surface area contributed by atoms with Gasteiger partial charge in [0.1, 0.15) is 0 Å². The first-order valence-corrected chi connectivity index (χ1v) is 9.39. The van der Waals surface area contributed by atoms with Gasteiger partial charge in [-0.1, -0.05) is 38.5 Å². The van der Waals surface area contributed by atoms with Crippen LogP contribution >= 0.6 is 0 Å². The van der Waals surface area contributed by atoms with E-state index < -0.39 is 0 Å². The molecule has 1 N–H and O–H groups in total.